The van der Waals surface area contributed by atoms with Crippen molar-refractivity contribution in [3.05, 3.63) is 35.9 Å². The topological polar surface area (TPSA) is 35.8 Å². The molecule has 2 unspecified atom stereocenters. The van der Waals surface area contributed by atoms with Gasteiger partial charge in [0.1, 0.15) is 0 Å². The lowest BCUT2D eigenvalue weighted by Gasteiger charge is -2.39. The van der Waals surface area contributed by atoms with Gasteiger partial charge in [-0.25, -0.2) is 0 Å². The lowest BCUT2D eigenvalue weighted by atomic mass is 9.95. The number of hydrogen-bond acceptors (Lipinski definition) is 3. The average molecular weight is 232 g/mol. The average Bonchev–Trinajstić information content (AvgIpc) is 2.35. The quantitative estimate of drug-likeness (QED) is 0.628. The molecule has 0 radical (unpaired) electrons. The van der Waals surface area contributed by atoms with Crippen LogP contribution in [0, 0.1) is 0 Å². The lowest BCUT2D eigenvalue weighted by Crippen LogP contribution is -2.46. The third kappa shape index (κ3) is 2.86. The summed E-state index contributed by atoms with van der Waals surface area (Å²) in [7, 11) is 0. The van der Waals surface area contributed by atoms with Gasteiger partial charge in [0.25, 0.3) is 0 Å². The Morgan fingerprint density at radius 2 is 1.76 bits per heavy atom. The smallest absolute Gasteiger partial charge is 0.0601 e. The Balaban J connectivity index is 2.06. The Bertz CT molecular complexity index is 374. The number of hydrogen-bond donors (Lipinski definition) is 1. The molecule has 2 atom stereocenters. The molecule has 1 aromatic carbocycles. The minimum Gasteiger partial charge on any atom is -0.411 e. The van der Waals surface area contributed by atoms with Crippen LogP contribution in [0.15, 0.2) is 35.5 Å². The standard InChI is InChI=1S/C14H20N2O/c1-11-8-14(15-17)9-12(2)16(11)10-13-6-4-3-5-7-13/h3-7,11-12,17H,8-10H2,1-2H3. The predicted molar refractivity (Wildman–Crippen MR) is 69.4 cm³/mol. The van der Waals surface area contributed by atoms with Gasteiger partial charge in [-0.15, -0.1) is 0 Å². The van der Waals surface area contributed by atoms with Crippen molar-refractivity contribution in [1.29, 1.82) is 0 Å². The molecule has 1 aliphatic heterocycles. The first kappa shape index (κ1) is 12.1. The molecule has 1 N–H and O–H groups in total. The van der Waals surface area contributed by atoms with E-state index in [1.807, 2.05) is 6.07 Å². The maximum Gasteiger partial charge on any atom is 0.0601 e. The van der Waals surface area contributed by atoms with Crippen LogP contribution in [0.5, 0.6) is 0 Å². The van der Waals surface area contributed by atoms with Crippen molar-refractivity contribution in [1.82, 2.24) is 4.90 Å². The van der Waals surface area contributed by atoms with Crippen molar-refractivity contribution in [2.24, 2.45) is 5.16 Å². The Morgan fingerprint density at radius 3 is 2.29 bits per heavy atom. The van der Waals surface area contributed by atoms with Gasteiger partial charge < -0.3 is 5.21 Å². The summed E-state index contributed by atoms with van der Waals surface area (Å²) in [4.78, 5) is 2.48. The third-order valence-electron chi connectivity index (χ3n) is 3.54. The molecule has 0 bridgehead atoms. The first-order valence-corrected chi connectivity index (χ1v) is 6.20. The van der Waals surface area contributed by atoms with E-state index in [1.54, 1.807) is 0 Å². The summed E-state index contributed by atoms with van der Waals surface area (Å²) in [6, 6.07) is 11.4. The molecule has 0 saturated carbocycles. The zero-order valence-corrected chi connectivity index (χ0v) is 10.5. The van der Waals surface area contributed by atoms with Crippen LogP contribution in [0.3, 0.4) is 0 Å². The molecular weight excluding hydrogens is 212 g/mol. The molecule has 1 aliphatic rings. The molecule has 1 fully saturated rings. The summed E-state index contributed by atoms with van der Waals surface area (Å²) in [6.45, 7) is 5.37. The number of oxime groups is 1. The Labute approximate surface area is 103 Å². The summed E-state index contributed by atoms with van der Waals surface area (Å²) >= 11 is 0. The molecule has 0 aromatic heterocycles. The van der Waals surface area contributed by atoms with Crippen molar-refractivity contribution in [2.45, 2.75) is 45.3 Å². The van der Waals surface area contributed by atoms with Crippen molar-refractivity contribution in [3.63, 3.8) is 0 Å². The molecule has 1 aromatic rings. The molecule has 17 heavy (non-hydrogen) atoms. The maximum absolute atomic E-state index is 8.87. The normalized spacial score (nSPS) is 25.9. The Morgan fingerprint density at radius 1 is 1.18 bits per heavy atom. The van der Waals surface area contributed by atoms with Crippen molar-refractivity contribution >= 4 is 5.71 Å². The molecule has 1 heterocycles. The van der Waals surface area contributed by atoms with Gasteiger partial charge in [-0.05, 0) is 19.4 Å². The van der Waals surface area contributed by atoms with Crippen LogP contribution >= 0.6 is 0 Å². The Hall–Kier alpha value is -1.35. The fourth-order valence-electron chi connectivity index (χ4n) is 2.62. The van der Waals surface area contributed by atoms with E-state index in [0.717, 1.165) is 25.1 Å². The zero-order valence-electron chi connectivity index (χ0n) is 10.5. The largest absolute Gasteiger partial charge is 0.411 e. The molecule has 0 aliphatic carbocycles. The number of likely N-dealkylation sites (tertiary alicyclic amines) is 1. The van der Waals surface area contributed by atoms with E-state index in [-0.39, 0.29) is 0 Å². The SMILES string of the molecule is CC1CC(=NO)CC(C)N1Cc1ccccc1. The van der Waals surface area contributed by atoms with Gasteiger partial charge in [-0.3, -0.25) is 4.90 Å². The second kappa shape index (κ2) is 5.32. The third-order valence-corrected chi connectivity index (χ3v) is 3.54. The van der Waals surface area contributed by atoms with Gasteiger partial charge in [-0.2, -0.15) is 0 Å². The Kier molecular flexibility index (Phi) is 3.79. The molecule has 3 nitrogen and oxygen atoms in total. The van der Waals surface area contributed by atoms with Gasteiger partial charge in [-0.1, -0.05) is 35.5 Å². The van der Waals surface area contributed by atoms with Crippen LogP contribution in [0.4, 0.5) is 0 Å². The highest BCUT2D eigenvalue weighted by atomic mass is 16.4. The summed E-state index contributed by atoms with van der Waals surface area (Å²) < 4.78 is 0. The van der Waals surface area contributed by atoms with Crippen LogP contribution in [0.1, 0.15) is 32.3 Å². The highest BCUT2D eigenvalue weighted by Crippen LogP contribution is 2.23. The van der Waals surface area contributed by atoms with Crippen molar-refractivity contribution < 1.29 is 5.21 Å². The van der Waals surface area contributed by atoms with E-state index >= 15 is 0 Å². The van der Waals surface area contributed by atoms with Gasteiger partial charge in [0.05, 0.1) is 5.71 Å². The van der Waals surface area contributed by atoms with Crippen LogP contribution in [0.25, 0.3) is 0 Å². The van der Waals surface area contributed by atoms with Gasteiger partial charge >= 0.3 is 0 Å². The molecule has 0 spiro atoms. The summed E-state index contributed by atoms with van der Waals surface area (Å²) in [5, 5.41) is 12.3. The minimum atomic E-state index is 0.435. The highest BCUT2D eigenvalue weighted by Gasteiger charge is 2.28. The fraction of sp³-hybridized carbons (Fsp3) is 0.500. The fourth-order valence-corrected chi connectivity index (χ4v) is 2.62. The van der Waals surface area contributed by atoms with Crippen LogP contribution in [0.2, 0.25) is 0 Å². The summed E-state index contributed by atoms with van der Waals surface area (Å²) in [6.07, 6.45) is 1.74. The molecule has 3 heteroatoms. The number of nitrogens with zero attached hydrogens (tertiary/aromatic N) is 2. The second-order valence-electron chi connectivity index (χ2n) is 4.93. The summed E-state index contributed by atoms with van der Waals surface area (Å²) in [5.41, 5.74) is 2.27. The van der Waals surface area contributed by atoms with Crippen molar-refractivity contribution in [2.75, 3.05) is 0 Å². The highest BCUT2D eigenvalue weighted by molar-refractivity contribution is 5.85. The molecule has 92 valence electrons. The van der Waals surface area contributed by atoms with Gasteiger partial charge in [0.2, 0.25) is 0 Å². The van der Waals surface area contributed by atoms with E-state index < -0.39 is 0 Å². The second-order valence-corrected chi connectivity index (χ2v) is 4.93. The lowest BCUT2D eigenvalue weighted by molar-refractivity contribution is 0.133. The molecule has 2 rings (SSSR count). The zero-order chi connectivity index (χ0) is 12.3. The van der Waals surface area contributed by atoms with E-state index in [9.17, 15) is 0 Å². The summed E-state index contributed by atoms with van der Waals surface area (Å²) in [5.74, 6) is 0. The van der Waals surface area contributed by atoms with E-state index in [0.29, 0.717) is 12.1 Å². The number of benzene rings is 1. The van der Waals surface area contributed by atoms with Gasteiger partial charge in [0, 0.05) is 31.5 Å². The van der Waals surface area contributed by atoms with E-state index in [4.69, 9.17) is 5.21 Å². The number of piperidine rings is 1. The van der Waals surface area contributed by atoms with E-state index in [2.05, 4.69) is 48.2 Å². The van der Waals surface area contributed by atoms with Crippen LogP contribution in [-0.2, 0) is 6.54 Å². The predicted octanol–water partition coefficient (Wildman–Crippen LogP) is 2.89. The molecular formula is C14H20N2O. The monoisotopic (exact) mass is 232 g/mol. The molecule has 1 saturated heterocycles. The number of rotatable bonds is 2. The first-order valence-electron chi connectivity index (χ1n) is 6.20. The maximum atomic E-state index is 8.87. The van der Waals surface area contributed by atoms with E-state index in [1.165, 1.54) is 5.56 Å². The van der Waals surface area contributed by atoms with Gasteiger partial charge in [0.15, 0.2) is 0 Å². The van der Waals surface area contributed by atoms with Crippen LogP contribution in [-0.4, -0.2) is 27.9 Å². The van der Waals surface area contributed by atoms with Crippen LogP contribution < -0.4 is 0 Å². The first-order chi connectivity index (χ1) is 8.20. The van der Waals surface area contributed by atoms with Crippen molar-refractivity contribution in [3.8, 4) is 0 Å². The molecule has 0 amide bonds. The minimum absolute atomic E-state index is 0.435.